The second kappa shape index (κ2) is 7.76. The summed E-state index contributed by atoms with van der Waals surface area (Å²) in [7, 11) is 0. The van der Waals surface area contributed by atoms with Gasteiger partial charge in [-0.3, -0.25) is 0 Å². The highest BCUT2D eigenvalue weighted by molar-refractivity contribution is 6.17. The van der Waals surface area contributed by atoms with Gasteiger partial charge in [-0.05, 0) is 19.3 Å². The Hall–Kier alpha value is -0.240. The first-order valence-electron chi connectivity index (χ1n) is 2.96. The summed E-state index contributed by atoms with van der Waals surface area (Å²) in [6.45, 7) is 1.83. The molecule has 0 aliphatic rings. The first-order valence-corrected chi connectivity index (χ1v) is 3.50. The Bertz CT molecular complexity index is 66.1. The van der Waals surface area contributed by atoms with Crippen molar-refractivity contribution in [3.8, 4) is 0 Å². The molecule has 0 aliphatic heterocycles. The third-order valence-electron chi connectivity index (χ3n) is 0.939. The Morgan fingerprint density at radius 2 is 2.11 bits per heavy atom. The Balaban J connectivity index is 2.66. The minimum Gasteiger partial charge on any atom is -0.457 e. The summed E-state index contributed by atoms with van der Waals surface area (Å²) < 4.78 is 4.33. The lowest BCUT2D eigenvalue weighted by atomic mass is 10.3. The largest absolute Gasteiger partial charge is 0.457 e. The topological polar surface area (TPSA) is 26.3 Å². The summed E-state index contributed by atoms with van der Waals surface area (Å²) in [6, 6.07) is 0. The SMILES string of the molecule is O=[C]OCCCCCCl. The first kappa shape index (κ1) is 8.76. The molecule has 0 atom stereocenters. The molecule has 0 unspecified atom stereocenters. The number of ether oxygens (including phenoxy) is 1. The highest BCUT2D eigenvalue weighted by Crippen LogP contribution is 1.96. The van der Waals surface area contributed by atoms with Gasteiger partial charge in [0.25, 0.3) is 0 Å². The lowest BCUT2D eigenvalue weighted by Gasteiger charge is -1.94. The molecule has 0 N–H and O–H groups in total. The zero-order valence-corrected chi connectivity index (χ0v) is 5.99. The third kappa shape index (κ3) is 7.76. The number of carbonyl (C=O) groups excluding carboxylic acids is 1. The van der Waals surface area contributed by atoms with E-state index in [1.807, 2.05) is 0 Å². The van der Waals surface area contributed by atoms with E-state index in [9.17, 15) is 4.79 Å². The third-order valence-corrected chi connectivity index (χ3v) is 1.21. The molecule has 0 aliphatic carbocycles. The van der Waals surface area contributed by atoms with Gasteiger partial charge in [-0.2, -0.15) is 0 Å². The molecular formula is C6H10ClO2. The highest BCUT2D eigenvalue weighted by atomic mass is 35.5. The molecule has 0 aromatic heterocycles. The Morgan fingerprint density at radius 3 is 2.67 bits per heavy atom. The number of rotatable bonds is 6. The van der Waals surface area contributed by atoms with E-state index in [4.69, 9.17) is 11.6 Å². The molecule has 2 nitrogen and oxygen atoms in total. The number of alkyl halides is 1. The second-order valence-electron chi connectivity index (χ2n) is 1.68. The molecule has 0 spiro atoms. The van der Waals surface area contributed by atoms with Gasteiger partial charge >= 0.3 is 6.47 Å². The van der Waals surface area contributed by atoms with E-state index < -0.39 is 0 Å². The van der Waals surface area contributed by atoms with E-state index in [0.717, 1.165) is 19.3 Å². The average Bonchev–Trinajstić information content (AvgIpc) is 1.89. The van der Waals surface area contributed by atoms with Crippen LogP contribution in [0.1, 0.15) is 19.3 Å². The van der Waals surface area contributed by atoms with E-state index in [1.54, 1.807) is 0 Å². The standard InChI is InChI=1S/C6H10ClO2/c7-4-2-1-3-5-9-6-8/h1-5H2. The van der Waals surface area contributed by atoms with Gasteiger partial charge in [0.15, 0.2) is 0 Å². The normalized spacial score (nSPS) is 9.00. The number of hydrogen-bond acceptors (Lipinski definition) is 2. The van der Waals surface area contributed by atoms with Crippen LogP contribution in [-0.2, 0) is 9.53 Å². The number of unbranched alkanes of at least 4 members (excludes halogenated alkanes) is 2. The summed E-state index contributed by atoms with van der Waals surface area (Å²) in [5, 5.41) is 0. The molecule has 0 heterocycles. The van der Waals surface area contributed by atoms with Crippen LogP contribution in [0.15, 0.2) is 0 Å². The van der Waals surface area contributed by atoms with Crippen LogP contribution in [0.2, 0.25) is 0 Å². The monoisotopic (exact) mass is 149 g/mol. The molecule has 53 valence electrons. The minimum atomic E-state index is 0.473. The van der Waals surface area contributed by atoms with E-state index in [1.165, 1.54) is 6.47 Å². The Morgan fingerprint density at radius 1 is 1.33 bits per heavy atom. The van der Waals surface area contributed by atoms with Gasteiger partial charge in [-0.15, -0.1) is 11.6 Å². The van der Waals surface area contributed by atoms with E-state index >= 15 is 0 Å². The van der Waals surface area contributed by atoms with Crippen molar-refractivity contribution in [3.05, 3.63) is 0 Å². The van der Waals surface area contributed by atoms with Crippen LogP contribution < -0.4 is 0 Å². The highest BCUT2D eigenvalue weighted by Gasteiger charge is 1.86. The predicted octanol–water partition coefficient (Wildman–Crippen LogP) is 1.48. The van der Waals surface area contributed by atoms with Gasteiger partial charge in [-0.1, -0.05) is 0 Å². The minimum absolute atomic E-state index is 0.473. The molecular weight excluding hydrogens is 140 g/mol. The van der Waals surface area contributed by atoms with E-state index in [-0.39, 0.29) is 0 Å². The zero-order chi connectivity index (χ0) is 6.95. The van der Waals surface area contributed by atoms with E-state index in [2.05, 4.69) is 4.74 Å². The van der Waals surface area contributed by atoms with Crippen molar-refractivity contribution in [2.45, 2.75) is 19.3 Å². The van der Waals surface area contributed by atoms with Crippen molar-refractivity contribution in [3.63, 3.8) is 0 Å². The number of hydrogen-bond donors (Lipinski definition) is 0. The Labute approximate surface area is 60.1 Å². The van der Waals surface area contributed by atoms with Crippen LogP contribution in [0.25, 0.3) is 0 Å². The smallest absolute Gasteiger partial charge is 0.417 e. The van der Waals surface area contributed by atoms with Crippen molar-refractivity contribution in [1.29, 1.82) is 0 Å². The maximum atomic E-state index is 9.46. The fourth-order valence-electron chi connectivity index (χ4n) is 0.487. The summed E-state index contributed by atoms with van der Waals surface area (Å²) in [5.74, 6) is 0.685. The molecule has 0 rings (SSSR count). The van der Waals surface area contributed by atoms with E-state index in [0.29, 0.717) is 12.5 Å². The molecule has 0 fully saturated rings. The average molecular weight is 150 g/mol. The van der Waals surface area contributed by atoms with Gasteiger partial charge in [-0.25, -0.2) is 4.79 Å². The lowest BCUT2D eigenvalue weighted by Crippen LogP contribution is -1.91. The fraction of sp³-hybridized carbons (Fsp3) is 0.833. The quantitative estimate of drug-likeness (QED) is 0.423. The van der Waals surface area contributed by atoms with Gasteiger partial charge in [0, 0.05) is 5.88 Å². The molecule has 0 bridgehead atoms. The maximum absolute atomic E-state index is 9.46. The zero-order valence-electron chi connectivity index (χ0n) is 5.23. The molecule has 0 saturated heterocycles. The second-order valence-corrected chi connectivity index (χ2v) is 2.06. The maximum Gasteiger partial charge on any atom is 0.417 e. The fourth-order valence-corrected chi connectivity index (χ4v) is 0.676. The van der Waals surface area contributed by atoms with Crippen molar-refractivity contribution in [2.75, 3.05) is 12.5 Å². The van der Waals surface area contributed by atoms with Crippen molar-refractivity contribution in [1.82, 2.24) is 0 Å². The molecule has 0 saturated carbocycles. The first-order chi connectivity index (χ1) is 4.41. The molecule has 0 aromatic rings. The van der Waals surface area contributed by atoms with Crippen molar-refractivity contribution in [2.24, 2.45) is 0 Å². The van der Waals surface area contributed by atoms with Gasteiger partial charge in [0.2, 0.25) is 0 Å². The summed E-state index contributed by atoms with van der Waals surface area (Å²) >= 11 is 5.40. The molecule has 1 radical (unpaired) electrons. The van der Waals surface area contributed by atoms with Crippen LogP contribution >= 0.6 is 11.6 Å². The summed E-state index contributed by atoms with van der Waals surface area (Å²) in [4.78, 5) is 9.46. The van der Waals surface area contributed by atoms with Crippen molar-refractivity contribution >= 4 is 18.1 Å². The van der Waals surface area contributed by atoms with Gasteiger partial charge < -0.3 is 4.74 Å². The van der Waals surface area contributed by atoms with Crippen LogP contribution in [0.3, 0.4) is 0 Å². The summed E-state index contributed by atoms with van der Waals surface area (Å²) in [5.41, 5.74) is 0. The molecule has 9 heavy (non-hydrogen) atoms. The van der Waals surface area contributed by atoms with Crippen LogP contribution in [0.5, 0.6) is 0 Å². The van der Waals surface area contributed by atoms with Gasteiger partial charge in [0.05, 0.1) is 6.61 Å². The van der Waals surface area contributed by atoms with Gasteiger partial charge in [0.1, 0.15) is 0 Å². The van der Waals surface area contributed by atoms with Crippen LogP contribution in [-0.4, -0.2) is 19.0 Å². The Kier molecular flexibility index (Phi) is 7.55. The lowest BCUT2D eigenvalue weighted by molar-refractivity contribution is 0.270. The number of halogens is 1. The summed E-state index contributed by atoms with van der Waals surface area (Å²) in [6.07, 6.45) is 2.90. The molecule has 3 heteroatoms. The van der Waals surface area contributed by atoms with Crippen molar-refractivity contribution < 1.29 is 9.53 Å². The molecule has 0 aromatic carbocycles. The molecule has 0 amide bonds. The van der Waals surface area contributed by atoms with Crippen LogP contribution in [0, 0.1) is 0 Å². The predicted molar refractivity (Wildman–Crippen MR) is 36.2 cm³/mol. The van der Waals surface area contributed by atoms with Crippen LogP contribution in [0.4, 0.5) is 0 Å².